The second kappa shape index (κ2) is 16.3. The number of benzene rings is 7. The van der Waals surface area contributed by atoms with Gasteiger partial charge in [0.2, 0.25) is 0 Å². The molecule has 0 fully saturated rings. The summed E-state index contributed by atoms with van der Waals surface area (Å²) in [5, 5.41) is 0. The number of hydrogen-bond acceptors (Lipinski definition) is 0. The van der Waals surface area contributed by atoms with E-state index in [0.717, 1.165) is 44.9 Å². The van der Waals surface area contributed by atoms with Gasteiger partial charge in [-0.15, -0.1) is 0 Å². The van der Waals surface area contributed by atoms with Gasteiger partial charge in [0.25, 0.3) is 0 Å². The molecule has 0 heteroatoms. The minimum atomic E-state index is 0.929. The maximum absolute atomic E-state index is 2.46. The summed E-state index contributed by atoms with van der Waals surface area (Å²) >= 11 is 0. The zero-order valence-electron chi connectivity index (χ0n) is 29.2. The molecule has 7 rings (SSSR count). The van der Waals surface area contributed by atoms with Crippen LogP contribution in [-0.2, 0) is 44.9 Å². The average molecular weight is 647 g/mol. The Morgan fingerprint density at radius 2 is 0.400 bits per heavy atom. The van der Waals surface area contributed by atoms with Gasteiger partial charge in [-0.25, -0.2) is 0 Å². The molecule has 0 amide bonds. The molecular formula is C50H46. The maximum Gasteiger partial charge on any atom is -0.00254 e. The molecule has 7 aromatic carbocycles. The summed E-state index contributed by atoms with van der Waals surface area (Å²) in [4.78, 5) is 0. The molecule has 0 atom stereocenters. The van der Waals surface area contributed by atoms with Crippen molar-refractivity contribution in [3.8, 4) is 0 Å². The normalized spacial score (nSPS) is 11.1. The van der Waals surface area contributed by atoms with Gasteiger partial charge in [0.15, 0.2) is 0 Å². The third-order valence-electron chi connectivity index (χ3n) is 9.57. The molecule has 0 radical (unpaired) electrons. The maximum atomic E-state index is 2.46. The van der Waals surface area contributed by atoms with Crippen molar-refractivity contribution < 1.29 is 0 Å². The number of hydrogen-bond donors (Lipinski definition) is 0. The number of rotatable bonds is 13. The highest BCUT2D eigenvalue weighted by Crippen LogP contribution is 2.24. The molecule has 246 valence electrons. The monoisotopic (exact) mass is 646 g/mol. The van der Waals surface area contributed by atoms with Crippen LogP contribution in [0.1, 0.15) is 79.2 Å². The fraction of sp³-hybridized carbons (Fsp3) is 0.160. The molecule has 0 saturated heterocycles. The summed E-state index contributed by atoms with van der Waals surface area (Å²) in [7, 11) is 0. The third-order valence-corrected chi connectivity index (χ3v) is 9.57. The molecule has 0 spiro atoms. The summed E-state index contributed by atoms with van der Waals surface area (Å²) < 4.78 is 0. The van der Waals surface area contributed by atoms with Crippen molar-refractivity contribution in [2.45, 2.75) is 51.9 Å². The standard InChI is InChI=1S/C50H46/c1-2-38-23-43(30-49-34-45(25-39-15-7-3-8-16-39)32-46(35-49)26-40-17-9-4-10-18-40)29-44(24-38)31-50-36-47(27-41-19-11-5-12-20-41)33-48(37-50)28-42-21-13-6-14-22-42/h3-24,29,32-37H,2,25-28,30-31H2,1H3. The lowest BCUT2D eigenvalue weighted by molar-refractivity contribution is 1.05. The molecule has 50 heavy (non-hydrogen) atoms. The Bertz CT molecular complexity index is 1840. The molecule has 0 saturated carbocycles. The van der Waals surface area contributed by atoms with Crippen LogP contribution in [0.25, 0.3) is 0 Å². The fourth-order valence-corrected chi connectivity index (χ4v) is 7.34. The topological polar surface area (TPSA) is 0 Å². The molecular weight excluding hydrogens is 601 g/mol. The van der Waals surface area contributed by atoms with Gasteiger partial charge in [-0.2, -0.15) is 0 Å². The van der Waals surface area contributed by atoms with Crippen molar-refractivity contribution in [3.05, 3.63) is 248 Å². The highest BCUT2D eigenvalue weighted by Gasteiger charge is 2.10. The van der Waals surface area contributed by atoms with E-state index in [1.54, 1.807) is 0 Å². The average Bonchev–Trinajstić information content (AvgIpc) is 3.13. The van der Waals surface area contributed by atoms with E-state index in [4.69, 9.17) is 0 Å². The molecule has 7 aromatic rings. The first-order chi connectivity index (χ1) is 24.6. The van der Waals surface area contributed by atoms with Crippen LogP contribution in [0, 0.1) is 0 Å². The minimum absolute atomic E-state index is 0.929. The Hall–Kier alpha value is -5.46. The van der Waals surface area contributed by atoms with Gasteiger partial charge in [-0.3, -0.25) is 0 Å². The lowest BCUT2D eigenvalue weighted by atomic mass is 9.91. The van der Waals surface area contributed by atoms with Crippen molar-refractivity contribution in [2.24, 2.45) is 0 Å². The lowest BCUT2D eigenvalue weighted by Gasteiger charge is -2.14. The van der Waals surface area contributed by atoms with Crippen LogP contribution in [0.4, 0.5) is 0 Å². The summed E-state index contributed by atoms with van der Waals surface area (Å²) in [5.41, 5.74) is 17.9. The van der Waals surface area contributed by atoms with E-state index in [9.17, 15) is 0 Å². The van der Waals surface area contributed by atoms with E-state index in [0.29, 0.717) is 0 Å². The van der Waals surface area contributed by atoms with Crippen LogP contribution >= 0.6 is 0 Å². The second-order valence-electron chi connectivity index (χ2n) is 13.8. The SMILES string of the molecule is CCc1cc(Cc2cc(Cc3ccccc3)cc(Cc3ccccc3)c2)cc(Cc2cc(Cc3ccccc3)cc(Cc3ccccc3)c2)c1. The first kappa shape index (κ1) is 33.1. The van der Waals surface area contributed by atoms with E-state index < -0.39 is 0 Å². The van der Waals surface area contributed by atoms with Gasteiger partial charge < -0.3 is 0 Å². The van der Waals surface area contributed by atoms with Crippen LogP contribution in [0.15, 0.2) is 176 Å². The van der Waals surface area contributed by atoms with E-state index in [1.165, 1.54) is 72.3 Å². The molecule has 0 N–H and O–H groups in total. The zero-order chi connectivity index (χ0) is 34.0. The van der Waals surface area contributed by atoms with Gasteiger partial charge in [0.05, 0.1) is 0 Å². The molecule has 0 bridgehead atoms. The third kappa shape index (κ3) is 9.36. The van der Waals surface area contributed by atoms with Crippen LogP contribution in [0.3, 0.4) is 0 Å². The Kier molecular flexibility index (Phi) is 10.8. The Balaban J connectivity index is 1.18. The zero-order valence-corrected chi connectivity index (χ0v) is 29.2. The van der Waals surface area contributed by atoms with Gasteiger partial charge in [0.1, 0.15) is 0 Å². The Morgan fingerprint density at radius 3 is 0.600 bits per heavy atom. The Morgan fingerprint density at radius 1 is 0.220 bits per heavy atom. The molecule has 0 nitrogen and oxygen atoms in total. The molecule has 0 aliphatic carbocycles. The van der Waals surface area contributed by atoms with Crippen molar-refractivity contribution in [2.75, 3.05) is 0 Å². The summed E-state index contributed by atoms with van der Waals surface area (Å²) in [6.07, 6.45) is 6.67. The van der Waals surface area contributed by atoms with Crippen LogP contribution < -0.4 is 0 Å². The predicted octanol–water partition coefficient (Wildman–Crippen LogP) is 11.8. The molecule has 0 aromatic heterocycles. The largest absolute Gasteiger partial charge is 0.0622 e. The molecule has 0 heterocycles. The van der Waals surface area contributed by atoms with Crippen LogP contribution in [-0.4, -0.2) is 0 Å². The highest BCUT2D eigenvalue weighted by molar-refractivity contribution is 5.43. The van der Waals surface area contributed by atoms with Crippen molar-refractivity contribution in [3.63, 3.8) is 0 Å². The van der Waals surface area contributed by atoms with Gasteiger partial charge in [-0.1, -0.05) is 183 Å². The van der Waals surface area contributed by atoms with Gasteiger partial charge in [0, 0.05) is 0 Å². The minimum Gasteiger partial charge on any atom is -0.0622 e. The Labute approximate surface area is 299 Å². The smallest absolute Gasteiger partial charge is 0.00254 e. The van der Waals surface area contributed by atoms with Crippen molar-refractivity contribution in [1.29, 1.82) is 0 Å². The summed E-state index contributed by atoms with van der Waals surface area (Å²) in [5.74, 6) is 0. The summed E-state index contributed by atoms with van der Waals surface area (Å²) in [6.45, 7) is 2.28. The van der Waals surface area contributed by atoms with E-state index in [1.807, 2.05) is 0 Å². The predicted molar refractivity (Wildman–Crippen MR) is 211 cm³/mol. The molecule has 0 unspecified atom stereocenters. The summed E-state index contributed by atoms with van der Waals surface area (Å²) in [6, 6.07) is 65.3. The van der Waals surface area contributed by atoms with Crippen molar-refractivity contribution in [1.82, 2.24) is 0 Å². The van der Waals surface area contributed by atoms with Crippen molar-refractivity contribution >= 4 is 0 Å². The highest BCUT2D eigenvalue weighted by atomic mass is 14.1. The number of aryl methyl sites for hydroxylation is 1. The quantitative estimate of drug-likeness (QED) is 0.117. The van der Waals surface area contributed by atoms with Gasteiger partial charge >= 0.3 is 0 Å². The first-order valence-electron chi connectivity index (χ1n) is 18.1. The van der Waals surface area contributed by atoms with E-state index >= 15 is 0 Å². The molecule has 0 aliphatic rings. The van der Waals surface area contributed by atoms with E-state index in [2.05, 4.69) is 183 Å². The van der Waals surface area contributed by atoms with E-state index in [-0.39, 0.29) is 0 Å². The second-order valence-corrected chi connectivity index (χ2v) is 13.8. The lowest BCUT2D eigenvalue weighted by Crippen LogP contribution is -2.00. The van der Waals surface area contributed by atoms with Crippen LogP contribution in [0.2, 0.25) is 0 Å². The fourth-order valence-electron chi connectivity index (χ4n) is 7.34. The van der Waals surface area contributed by atoms with Crippen LogP contribution in [0.5, 0.6) is 0 Å². The first-order valence-corrected chi connectivity index (χ1v) is 18.1. The molecule has 0 aliphatic heterocycles. The van der Waals surface area contributed by atoms with Gasteiger partial charge in [-0.05, 0) is 117 Å².